The molecular weight excluding hydrogens is 276 g/mol. The lowest BCUT2D eigenvalue weighted by Gasteiger charge is -2.28. The molecule has 0 rings (SSSR count). The summed E-state index contributed by atoms with van der Waals surface area (Å²) in [6.07, 6.45) is 5.49. The number of aliphatic carboxylic acids is 1. The van der Waals surface area contributed by atoms with E-state index in [9.17, 15) is 9.59 Å². The maximum Gasteiger partial charge on any atom is 0.326 e. The van der Waals surface area contributed by atoms with Crippen LogP contribution >= 0.6 is 11.8 Å². The van der Waals surface area contributed by atoms with Gasteiger partial charge >= 0.3 is 12.0 Å². The fourth-order valence-electron chi connectivity index (χ4n) is 1.85. The second kappa shape index (κ2) is 10.8. The molecule has 0 aliphatic carbocycles. The number of nitrogens with one attached hydrogen (secondary N) is 1. The first-order chi connectivity index (χ1) is 9.43. The van der Waals surface area contributed by atoms with Gasteiger partial charge < -0.3 is 15.3 Å². The Hall–Kier alpha value is -0.910. The number of carboxylic acids is 1. The maximum atomic E-state index is 12.2. The van der Waals surface area contributed by atoms with Gasteiger partial charge in [0.15, 0.2) is 0 Å². The van der Waals surface area contributed by atoms with Gasteiger partial charge in [-0.2, -0.15) is 11.8 Å². The van der Waals surface area contributed by atoms with Gasteiger partial charge in [0.25, 0.3) is 0 Å². The molecule has 6 heteroatoms. The highest BCUT2D eigenvalue weighted by Gasteiger charge is 2.23. The minimum atomic E-state index is -0.968. The average Bonchev–Trinajstić information content (AvgIpc) is 2.38. The summed E-state index contributed by atoms with van der Waals surface area (Å²) in [5.74, 6) is -0.251. The van der Waals surface area contributed by atoms with Crippen LogP contribution in [0, 0.1) is 0 Å². The van der Waals surface area contributed by atoms with E-state index in [-0.39, 0.29) is 12.1 Å². The summed E-state index contributed by atoms with van der Waals surface area (Å²) in [6, 6.07) is -1.01. The molecule has 0 aliphatic rings. The van der Waals surface area contributed by atoms with Crippen LogP contribution in [0.4, 0.5) is 4.79 Å². The Kier molecular flexibility index (Phi) is 10.3. The Labute approximate surface area is 126 Å². The van der Waals surface area contributed by atoms with E-state index in [1.165, 1.54) is 0 Å². The van der Waals surface area contributed by atoms with Crippen molar-refractivity contribution in [3.63, 3.8) is 0 Å². The Morgan fingerprint density at radius 1 is 1.30 bits per heavy atom. The third-order valence-corrected chi connectivity index (χ3v) is 3.74. The molecule has 0 spiro atoms. The fourth-order valence-corrected chi connectivity index (χ4v) is 2.32. The predicted molar refractivity (Wildman–Crippen MR) is 84.3 cm³/mol. The summed E-state index contributed by atoms with van der Waals surface area (Å²) in [5.41, 5.74) is 0. The van der Waals surface area contributed by atoms with Crippen molar-refractivity contribution in [3.8, 4) is 0 Å². The molecule has 2 amide bonds. The van der Waals surface area contributed by atoms with Gasteiger partial charge in [-0.15, -0.1) is 0 Å². The first kappa shape index (κ1) is 19.1. The fraction of sp³-hybridized carbons (Fsp3) is 0.857. The van der Waals surface area contributed by atoms with Crippen molar-refractivity contribution in [2.75, 3.05) is 18.6 Å². The number of carbonyl (C=O) groups is 2. The minimum absolute atomic E-state index is 0.0712. The van der Waals surface area contributed by atoms with Crippen LogP contribution in [0.2, 0.25) is 0 Å². The first-order valence-corrected chi connectivity index (χ1v) is 8.62. The van der Waals surface area contributed by atoms with Crippen molar-refractivity contribution >= 4 is 23.8 Å². The van der Waals surface area contributed by atoms with E-state index in [1.54, 1.807) is 16.7 Å². The number of rotatable bonds is 10. The summed E-state index contributed by atoms with van der Waals surface area (Å²) in [5, 5.41) is 11.8. The number of carboxylic acid groups (broad SMARTS) is 1. The van der Waals surface area contributed by atoms with Gasteiger partial charge in [-0.25, -0.2) is 9.59 Å². The molecule has 0 bridgehead atoms. The van der Waals surface area contributed by atoms with E-state index >= 15 is 0 Å². The van der Waals surface area contributed by atoms with E-state index in [0.29, 0.717) is 13.0 Å². The van der Waals surface area contributed by atoms with Gasteiger partial charge in [0.05, 0.1) is 0 Å². The lowest BCUT2D eigenvalue weighted by atomic mass is 10.2. The molecule has 0 fully saturated rings. The van der Waals surface area contributed by atoms with Gasteiger partial charge in [0.2, 0.25) is 0 Å². The number of urea groups is 1. The molecule has 20 heavy (non-hydrogen) atoms. The van der Waals surface area contributed by atoms with Crippen LogP contribution < -0.4 is 5.32 Å². The summed E-state index contributed by atoms with van der Waals surface area (Å²) < 4.78 is 0. The lowest BCUT2D eigenvalue weighted by molar-refractivity contribution is -0.139. The molecule has 0 radical (unpaired) electrons. The van der Waals surface area contributed by atoms with Gasteiger partial charge in [-0.05, 0) is 38.7 Å². The molecule has 0 aliphatic heterocycles. The van der Waals surface area contributed by atoms with Crippen LogP contribution in [-0.2, 0) is 4.79 Å². The third kappa shape index (κ3) is 7.62. The Bertz CT molecular complexity index is 298. The number of hydrogen-bond donors (Lipinski definition) is 2. The molecule has 0 aromatic rings. The molecule has 0 aromatic heterocycles. The highest BCUT2D eigenvalue weighted by Crippen LogP contribution is 2.06. The standard InChI is InChI=1S/C14H28N2O3S/c1-5-6-7-9-16(11(2)3)14(19)15-12(13(17)18)8-10-20-4/h11-12H,5-10H2,1-4H3,(H,15,19)(H,17,18)/t12-/m0/s1. The van der Waals surface area contributed by atoms with Crippen LogP contribution in [0.3, 0.4) is 0 Å². The molecule has 5 nitrogen and oxygen atoms in total. The molecule has 0 aromatic carbocycles. The van der Waals surface area contributed by atoms with Crippen molar-refractivity contribution in [2.24, 2.45) is 0 Å². The van der Waals surface area contributed by atoms with Gasteiger partial charge in [0.1, 0.15) is 6.04 Å². The van der Waals surface area contributed by atoms with Crippen molar-refractivity contribution in [1.29, 1.82) is 0 Å². The molecule has 1 atom stereocenters. The largest absolute Gasteiger partial charge is 0.480 e. The molecular formula is C14H28N2O3S. The van der Waals surface area contributed by atoms with E-state index in [1.807, 2.05) is 20.1 Å². The van der Waals surface area contributed by atoms with E-state index in [0.717, 1.165) is 25.0 Å². The monoisotopic (exact) mass is 304 g/mol. The summed E-state index contributed by atoms with van der Waals surface area (Å²) in [7, 11) is 0. The smallest absolute Gasteiger partial charge is 0.326 e. The average molecular weight is 304 g/mol. The number of amides is 2. The van der Waals surface area contributed by atoms with E-state index in [2.05, 4.69) is 12.2 Å². The lowest BCUT2D eigenvalue weighted by Crippen LogP contribution is -2.50. The predicted octanol–water partition coefficient (Wildman–Crippen LogP) is 2.80. The first-order valence-electron chi connectivity index (χ1n) is 7.22. The van der Waals surface area contributed by atoms with Crippen LogP contribution in [-0.4, -0.2) is 52.6 Å². The number of nitrogens with zero attached hydrogens (tertiary/aromatic N) is 1. The van der Waals surface area contributed by atoms with Crippen LogP contribution in [0.1, 0.15) is 46.5 Å². The van der Waals surface area contributed by atoms with E-state index in [4.69, 9.17) is 5.11 Å². The zero-order valence-corrected chi connectivity index (χ0v) is 13.8. The highest BCUT2D eigenvalue weighted by molar-refractivity contribution is 7.98. The molecule has 0 heterocycles. The zero-order valence-electron chi connectivity index (χ0n) is 13.0. The highest BCUT2D eigenvalue weighted by atomic mass is 32.2. The maximum absolute atomic E-state index is 12.2. The molecule has 0 saturated heterocycles. The summed E-state index contributed by atoms with van der Waals surface area (Å²) in [6.45, 7) is 6.68. The minimum Gasteiger partial charge on any atom is -0.480 e. The van der Waals surface area contributed by atoms with Gasteiger partial charge in [0, 0.05) is 12.6 Å². The van der Waals surface area contributed by atoms with Crippen LogP contribution in [0.15, 0.2) is 0 Å². The molecule has 0 saturated carbocycles. The number of thioether (sulfide) groups is 1. The molecule has 2 N–H and O–H groups in total. The number of carbonyl (C=O) groups excluding carboxylic acids is 1. The van der Waals surface area contributed by atoms with Crippen molar-refractivity contribution < 1.29 is 14.7 Å². The van der Waals surface area contributed by atoms with Gasteiger partial charge in [-0.1, -0.05) is 19.8 Å². The third-order valence-electron chi connectivity index (χ3n) is 3.09. The van der Waals surface area contributed by atoms with Crippen molar-refractivity contribution in [2.45, 2.75) is 58.5 Å². The normalized spacial score (nSPS) is 12.2. The van der Waals surface area contributed by atoms with Gasteiger partial charge in [-0.3, -0.25) is 0 Å². The summed E-state index contributed by atoms with van der Waals surface area (Å²) in [4.78, 5) is 25.1. The molecule has 0 unspecified atom stereocenters. The quantitative estimate of drug-likeness (QED) is 0.609. The number of unbranched alkanes of at least 4 members (excludes halogenated alkanes) is 2. The zero-order chi connectivity index (χ0) is 15.5. The van der Waals surface area contributed by atoms with Crippen LogP contribution in [0.5, 0.6) is 0 Å². The number of hydrogen-bond acceptors (Lipinski definition) is 3. The second-order valence-corrected chi connectivity index (χ2v) is 6.10. The van der Waals surface area contributed by atoms with Crippen molar-refractivity contribution in [3.05, 3.63) is 0 Å². The second-order valence-electron chi connectivity index (χ2n) is 5.12. The van der Waals surface area contributed by atoms with E-state index < -0.39 is 12.0 Å². The Morgan fingerprint density at radius 2 is 1.95 bits per heavy atom. The topological polar surface area (TPSA) is 69.6 Å². The Balaban J connectivity index is 4.50. The summed E-state index contributed by atoms with van der Waals surface area (Å²) >= 11 is 1.58. The SMILES string of the molecule is CCCCCN(C(=O)N[C@@H](CCSC)C(=O)O)C(C)C. The Morgan fingerprint density at radius 3 is 2.40 bits per heavy atom. The van der Waals surface area contributed by atoms with Crippen molar-refractivity contribution in [1.82, 2.24) is 10.2 Å². The molecule has 118 valence electrons. The van der Waals surface area contributed by atoms with Crippen LogP contribution in [0.25, 0.3) is 0 Å².